The van der Waals surface area contributed by atoms with Gasteiger partial charge in [0.15, 0.2) is 0 Å². The molecule has 2 fully saturated rings. The summed E-state index contributed by atoms with van der Waals surface area (Å²) in [5.41, 5.74) is 5.22. The topological polar surface area (TPSA) is 104 Å². The molecule has 0 saturated carbocycles. The van der Waals surface area contributed by atoms with E-state index < -0.39 is 16.1 Å². The number of sulfonamides is 1. The predicted octanol–water partition coefficient (Wildman–Crippen LogP) is -1.12. The van der Waals surface area contributed by atoms with Gasteiger partial charge in [-0.1, -0.05) is 0 Å². The number of primary amides is 1. The highest BCUT2D eigenvalue weighted by atomic mass is 32.2. The van der Waals surface area contributed by atoms with Gasteiger partial charge in [0.25, 0.3) is 0 Å². The number of piperidine rings is 1. The molecule has 2 N–H and O–H groups in total. The Balaban J connectivity index is 1.84. The summed E-state index contributed by atoms with van der Waals surface area (Å²) in [6, 6.07) is -0.442. The first-order valence-electron chi connectivity index (χ1n) is 7.07. The van der Waals surface area contributed by atoms with Crippen molar-refractivity contribution in [2.45, 2.75) is 12.8 Å². The van der Waals surface area contributed by atoms with Crippen molar-refractivity contribution in [3.63, 3.8) is 0 Å². The zero-order valence-corrected chi connectivity index (χ0v) is 13.0. The fourth-order valence-electron chi connectivity index (χ4n) is 2.85. The molecule has 2 saturated heterocycles. The van der Waals surface area contributed by atoms with Crippen LogP contribution in [-0.2, 0) is 14.8 Å². The van der Waals surface area contributed by atoms with Crippen molar-refractivity contribution in [3.05, 3.63) is 0 Å². The Bertz CT molecular complexity index is 505. The van der Waals surface area contributed by atoms with E-state index in [9.17, 15) is 18.0 Å². The molecule has 3 amide bonds. The number of rotatable bonds is 2. The summed E-state index contributed by atoms with van der Waals surface area (Å²) in [4.78, 5) is 26.7. The van der Waals surface area contributed by atoms with Gasteiger partial charge in [0.05, 0.1) is 6.26 Å². The van der Waals surface area contributed by atoms with Crippen molar-refractivity contribution in [2.24, 2.45) is 11.7 Å². The molecule has 120 valence electrons. The van der Waals surface area contributed by atoms with Crippen LogP contribution in [0.15, 0.2) is 0 Å². The lowest BCUT2D eigenvalue weighted by atomic mass is 9.95. The number of carbonyl (C=O) groups is 2. The summed E-state index contributed by atoms with van der Waals surface area (Å²) in [5.74, 6) is -0.0299. The zero-order chi connectivity index (χ0) is 15.6. The Morgan fingerprint density at radius 3 is 1.90 bits per heavy atom. The molecule has 21 heavy (non-hydrogen) atoms. The fraction of sp³-hybridized carbons (Fsp3) is 0.833. The predicted molar refractivity (Wildman–Crippen MR) is 76.9 cm³/mol. The van der Waals surface area contributed by atoms with E-state index in [1.165, 1.54) is 10.6 Å². The number of nitrogens with zero attached hydrogens (tertiary/aromatic N) is 3. The number of piperazine rings is 1. The molecule has 0 unspecified atom stereocenters. The Labute approximate surface area is 124 Å². The Morgan fingerprint density at radius 2 is 1.48 bits per heavy atom. The third kappa shape index (κ3) is 3.85. The highest BCUT2D eigenvalue weighted by Crippen LogP contribution is 2.20. The number of likely N-dealkylation sites (tertiary alicyclic amines) is 1. The second-order valence-electron chi connectivity index (χ2n) is 5.59. The van der Waals surface area contributed by atoms with Crippen molar-refractivity contribution in [3.8, 4) is 0 Å². The van der Waals surface area contributed by atoms with E-state index in [0.717, 1.165) is 0 Å². The molecule has 2 rings (SSSR count). The van der Waals surface area contributed by atoms with E-state index in [0.29, 0.717) is 52.1 Å². The second-order valence-corrected chi connectivity index (χ2v) is 7.57. The van der Waals surface area contributed by atoms with Gasteiger partial charge in [-0.15, -0.1) is 0 Å². The molecule has 0 aromatic rings. The lowest BCUT2D eigenvalue weighted by Crippen LogP contribution is -2.53. The molecule has 2 aliphatic heterocycles. The summed E-state index contributed by atoms with van der Waals surface area (Å²) >= 11 is 0. The number of urea groups is 1. The lowest BCUT2D eigenvalue weighted by molar-refractivity contribution is -0.138. The first-order chi connectivity index (χ1) is 9.79. The summed E-state index contributed by atoms with van der Waals surface area (Å²) in [7, 11) is -3.18. The molecule has 0 atom stereocenters. The number of carbonyl (C=O) groups excluding carboxylic acids is 2. The van der Waals surface area contributed by atoms with Crippen LogP contribution < -0.4 is 5.73 Å². The largest absolute Gasteiger partial charge is 0.351 e. The van der Waals surface area contributed by atoms with E-state index in [1.54, 1.807) is 9.80 Å². The SMILES string of the molecule is CS(=O)(=O)N1CCN(C(=O)C2CCN(C(N)=O)CC2)CC1. The lowest BCUT2D eigenvalue weighted by Gasteiger charge is -2.37. The van der Waals surface area contributed by atoms with Crippen LogP contribution in [0.5, 0.6) is 0 Å². The fourth-order valence-corrected chi connectivity index (χ4v) is 3.67. The molecule has 8 nitrogen and oxygen atoms in total. The van der Waals surface area contributed by atoms with Crippen LogP contribution in [0.4, 0.5) is 4.79 Å². The smallest absolute Gasteiger partial charge is 0.314 e. The summed E-state index contributed by atoms with van der Waals surface area (Å²) in [6.45, 7) is 2.59. The first-order valence-corrected chi connectivity index (χ1v) is 8.92. The van der Waals surface area contributed by atoms with E-state index in [1.807, 2.05) is 0 Å². The number of hydrogen-bond acceptors (Lipinski definition) is 4. The normalized spacial score (nSPS) is 22.3. The minimum atomic E-state index is -3.18. The molecule has 0 aromatic carbocycles. The van der Waals surface area contributed by atoms with Crippen LogP contribution in [-0.4, -0.2) is 80.0 Å². The highest BCUT2D eigenvalue weighted by molar-refractivity contribution is 7.88. The monoisotopic (exact) mass is 318 g/mol. The van der Waals surface area contributed by atoms with E-state index >= 15 is 0 Å². The third-order valence-corrected chi connectivity index (χ3v) is 5.48. The van der Waals surface area contributed by atoms with Crippen LogP contribution >= 0.6 is 0 Å². The van der Waals surface area contributed by atoms with Crippen molar-refractivity contribution in [1.82, 2.24) is 14.1 Å². The molecular formula is C12H22N4O4S. The zero-order valence-electron chi connectivity index (χ0n) is 12.2. The standard InChI is InChI=1S/C12H22N4O4S/c1-21(19,20)16-8-6-14(7-9-16)11(17)10-2-4-15(5-3-10)12(13)18/h10H,2-9H2,1H3,(H2,13,18). The van der Waals surface area contributed by atoms with Crippen LogP contribution in [0.3, 0.4) is 0 Å². The van der Waals surface area contributed by atoms with Gasteiger partial charge in [0.1, 0.15) is 0 Å². The summed E-state index contributed by atoms with van der Waals surface area (Å²) in [5, 5.41) is 0. The molecule has 2 heterocycles. The average molecular weight is 318 g/mol. The maximum Gasteiger partial charge on any atom is 0.314 e. The molecule has 0 aliphatic carbocycles. The van der Waals surface area contributed by atoms with Gasteiger partial charge in [-0.25, -0.2) is 13.2 Å². The van der Waals surface area contributed by atoms with Gasteiger partial charge in [0, 0.05) is 45.2 Å². The minimum Gasteiger partial charge on any atom is -0.351 e. The highest BCUT2D eigenvalue weighted by Gasteiger charge is 2.32. The molecule has 0 bridgehead atoms. The van der Waals surface area contributed by atoms with Crippen LogP contribution in [0.2, 0.25) is 0 Å². The van der Waals surface area contributed by atoms with Crippen molar-refractivity contribution in [2.75, 3.05) is 45.5 Å². The Hall–Kier alpha value is -1.35. The number of hydrogen-bond donors (Lipinski definition) is 1. The van der Waals surface area contributed by atoms with Gasteiger partial charge < -0.3 is 15.5 Å². The van der Waals surface area contributed by atoms with Crippen molar-refractivity contribution in [1.29, 1.82) is 0 Å². The maximum absolute atomic E-state index is 12.4. The van der Waals surface area contributed by atoms with E-state index in [4.69, 9.17) is 5.73 Å². The molecule has 0 radical (unpaired) electrons. The maximum atomic E-state index is 12.4. The second kappa shape index (κ2) is 6.18. The van der Waals surface area contributed by atoms with Crippen molar-refractivity contribution < 1.29 is 18.0 Å². The third-order valence-electron chi connectivity index (χ3n) is 4.18. The van der Waals surface area contributed by atoms with Gasteiger partial charge in [-0.3, -0.25) is 4.79 Å². The van der Waals surface area contributed by atoms with Gasteiger partial charge in [-0.05, 0) is 12.8 Å². The molecular weight excluding hydrogens is 296 g/mol. The number of amides is 3. The summed E-state index contributed by atoms with van der Waals surface area (Å²) < 4.78 is 24.3. The van der Waals surface area contributed by atoms with E-state index in [2.05, 4.69) is 0 Å². The average Bonchev–Trinajstić information content (AvgIpc) is 2.46. The van der Waals surface area contributed by atoms with Gasteiger partial charge in [-0.2, -0.15) is 4.31 Å². The Kier molecular flexibility index (Phi) is 4.72. The Morgan fingerprint density at radius 1 is 0.952 bits per heavy atom. The quantitative estimate of drug-likeness (QED) is 0.696. The number of nitrogens with two attached hydrogens (primary N) is 1. The first kappa shape index (κ1) is 16.0. The van der Waals surface area contributed by atoms with Crippen LogP contribution in [0.1, 0.15) is 12.8 Å². The van der Waals surface area contributed by atoms with Gasteiger partial charge in [0.2, 0.25) is 15.9 Å². The molecule has 9 heteroatoms. The van der Waals surface area contributed by atoms with Crippen LogP contribution in [0, 0.1) is 5.92 Å². The van der Waals surface area contributed by atoms with Gasteiger partial charge >= 0.3 is 6.03 Å². The van der Waals surface area contributed by atoms with Crippen molar-refractivity contribution >= 4 is 22.0 Å². The van der Waals surface area contributed by atoms with E-state index in [-0.39, 0.29) is 11.8 Å². The molecule has 2 aliphatic rings. The molecule has 0 aromatic heterocycles. The molecule has 0 spiro atoms. The summed E-state index contributed by atoms with van der Waals surface area (Å²) in [6.07, 6.45) is 2.42. The minimum absolute atomic E-state index is 0.0623. The van der Waals surface area contributed by atoms with Crippen LogP contribution in [0.25, 0.3) is 0 Å².